The van der Waals surface area contributed by atoms with Crippen molar-refractivity contribution < 1.29 is 35.9 Å². The Hall–Kier alpha value is -2.83. The second kappa shape index (κ2) is 10.4. The third-order valence-electron chi connectivity index (χ3n) is 6.06. The van der Waals surface area contributed by atoms with Gasteiger partial charge in [0.2, 0.25) is 0 Å². The normalized spacial score (nSPS) is 21.9. The van der Waals surface area contributed by atoms with Crippen molar-refractivity contribution in [1.29, 1.82) is 0 Å². The smallest absolute Gasteiger partial charge is 0.372 e. The number of halogens is 6. The molecule has 12 heteroatoms. The Kier molecular flexibility index (Phi) is 7.97. The van der Waals surface area contributed by atoms with E-state index in [1.807, 2.05) is 35.8 Å². The van der Waals surface area contributed by atoms with Crippen molar-refractivity contribution in [2.75, 3.05) is 13.2 Å². The lowest BCUT2D eigenvalue weighted by Crippen LogP contribution is -2.58. The number of urea groups is 1. The number of nitrogens with one attached hydrogen (secondary N) is 3. The number of amides is 2. The van der Waals surface area contributed by atoms with Crippen LogP contribution in [0.25, 0.3) is 0 Å². The molecule has 2 amide bonds. The molecule has 1 aliphatic rings. The minimum atomic E-state index is -4.94. The third kappa shape index (κ3) is 6.65. The molecule has 192 valence electrons. The quantitative estimate of drug-likeness (QED) is 0.200. The first-order chi connectivity index (χ1) is 16.3. The van der Waals surface area contributed by atoms with Gasteiger partial charge in [0.05, 0.1) is 29.4 Å². The van der Waals surface area contributed by atoms with E-state index in [9.17, 15) is 31.1 Å². The summed E-state index contributed by atoms with van der Waals surface area (Å²) in [5.41, 5.74) is -0.942. The summed E-state index contributed by atoms with van der Waals surface area (Å²) in [5, 5.41) is 6.04. The standard InChI is InChI=1S/C23H26F6N4O2/c1-14(15-9-17(22(24,25)26)11-18(10-15)23(27,28)29)35-13-21(16-5-3-2-4-6-16)8-7-19(12-31-21)32-20(34)33-30/h2-6,9-11,14,19,31H,7-8,12-13,30H2,1H3,(H2,32,33,34)/t14-,19+,21-/m1/s1. The van der Waals surface area contributed by atoms with Gasteiger partial charge in [-0.25, -0.2) is 10.6 Å². The van der Waals surface area contributed by atoms with E-state index in [0.717, 1.165) is 5.56 Å². The lowest BCUT2D eigenvalue weighted by atomic mass is 9.81. The van der Waals surface area contributed by atoms with Gasteiger partial charge in [0, 0.05) is 12.6 Å². The fraction of sp³-hybridized carbons (Fsp3) is 0.435. The van der Waals surface area contributed by atoms with E-state index in [-0.39, 0.29) is 24.3 Å². The molecule has 5 N–H and O–H groups in total. The second-order valence-corrected chi connectivity index (χ2v) is 8.47. The summed E-state index contributed by atoms with van der Waals surface area (Å²) in [6, 6.07) is 9.83. The van der Waals surface area contributed by atoms with Gasteiger partial charge in [0.25, 0.3) is 0 Å². The summed E-state index contributed by atoms with van der Waals surface area (Å²) >= 11 is 0. The highest BCUT2D eigenvalue weighted by atomic mass is 19.4. The molecule has 0 aliphatic carbocycles. The molecule has 1 heterocycles. The molecule has 1 aliphatic heterocycles. The van der Waals surface area contributed by atoms with Crippen LogP contribution in [0.5, 0.6) is 0 Å². The Morgan fingerprint density at radius 3 is 2.20 bits per heavy atom. The number of hydrogen-bond donors (Lipinski definition) is 4. The molecule has 2 aromatic carbocycles. The lowest BCUT2D eigenvalue weighted by Gasteiger charge is -2.42. The number of nitrogens with two attached hydrogens (primary N) is 1. The number of carbonyl (C=O) groups is 1. The molecule has 1 saturated heterocycles. The molecule has 1 fully saturated rings. The van der Waals surface area contributed by atoms with Gasteiger partial charge in [-0.15, -0.1) is 0 Å². The molecule has 35 heavy (non-hydrogen) atoms. The maximum atomic E-state index is 13.3. The van der Waals surface area contributed by atoms with E-state index in [2.05, 4.69) is 10.6 Å². The Labute approximate surface area is 198 Å². The minimum absolute atomic E-state index is 0.0222. The Balaban J connectivity index is 1.83. The van der Waals surface area contributed by atoms with E-state index < -0.39 is 41.2 Å². The molecular weight excluding hydrogens is 478 g/mol. The van der Waals surface area contributed by atoms with Crippen LogP contribution in [0.3, 0.4) is 0 Å². The van der Waals surface area contributed by atoms with Crippen molar-refractivity contribution in [2.45, 2.75) is 49.8 Å². The molecule has 0 spiro atoms. The molecule has 0 aromatic heterocycles. The minimum Gasteiger partial charge on any atom is -0.372 e. The predicted octanol–water partition coefficient (Wildman–Crippen LogP) is 4.62. The van der Waals surface area contributed by atoms with Crippen LogP contribution >= 0.6 is 0 Å². The average molecular weight is 504 g/mol. The van der Waals surface area contributed by atoms with Gasteiger partial charge in [-0.3, -0.25) is 5.43 Å². The molecule has 3 rings (SSSR count). The van der Waals surface area contributed by atoms with Crippen LogP contribution in [0, 0.1) is 0 Å². The summed E-state index contributed by atoms with van der Waals surface area (Å²) < 4.78 is 85.4. The summed E-state index contributed by atoms with van der Waals surface area (Å²) in [6.45, 7) is 1.74. The van der Waals surface area contributed by atoms with Gasteiger partial charge in [0.15, 0.2) is 0 Å². The van der Waals surface area contributed by atoms with Gasteiger partial charge in [0.1, 0.15) is 0 Å². The fourth-order valence-corrected chi connectivity index (χ4v) is 4.07. The molecule has 0 bridgehead atoms. The molecule has 0 radical (unpaired) electrons. The Bertz CT molecular complexity index is 973. The van der Waals surface area contributed by atoms with Crippen LogP contribution < -0.4 is 21.9 Å². The Morgan fingerprint density at radius 2 is 1.71 bits per heavy atom. The first-order valence-corrected chi connectivity index (χ1v) is 10.8. The summed E-state index contributed by atoms with van der Waals surface area (Å²) in [7, 11) is 0. The highest BCUT2D eigenvalue weighted by Crippen LogP contribution is 2.39. The SMILES string of the molecule is C[C@@H](OC[C@@]1(c2ccccc2)CC[C@H](NC(=O)NN)CN1)c1cc(C(F)(F)F)cc(C(F)(F)F)c1. The van der Waals surface area contributed by atoms with Crippen molar-refractivity contribution in [3.8, 4) is 0 Å². The lowest BCUT2D eigenvalue weighted by molar-refractivity contribution is -0.143. The summed E-state index contributed by atoms with van der Waals surface area (Å²) in [4.78, 5) is 11.5. The summed E-state index contributed by atoms with van der Waals surface area (Å²) in [6.07, 6.45) is -9.92. The maximum Gasteiger partial charge on any atom is 0.416 e. The average Bonchev–Trinajstić information content (AvgIpc) is 2.82. The highest BCUT2D eigenvalue weighted by molar-refractivity contribution is 5.73. The number of rotatable bonds is 6. The first kappa shape index (κ1) is 26.8. The van der Waals surface area contributed by atoms with Crippen molar-refractivity contribution in [3.63, 3.8) is 0 Å². The van der Waals surface area contributed by atoms with E-state index in [4.69, 9.17) is 10.6 Å². The van der Waals surface area contributed by atoms with E-state index in [1.54, 1.807) is 0 Å². The molecule has 6 nitrogen and oxygen atoms in total. The number of ether oxygens (including phenoxy) is 1. The number of hydrogen-bond acceptors (Lipinski definition) is 4. The van der Waals surface area contributed by atoms with Crippen LogP contribution in [0.1, 0.15) is 48.1 Å². The predicted molar refractivity (Wildman–Crippen MR) is 116 cm³/mol. The maximum absolute atomic E-state index is 13.3. The van der Waals surface area contributed by atoms with Crippen LogP contribution in [-0.2, 0) is 22.6 Å². The van der Waals surface area contributed by atoms with Crippen LogP contribution in [-0.4, -0.2) is 25.2 Å². The van der Waals surface area contributed by atoms with Gasteiger partial charge in [-0.05, 0) is 49.1 Å². The number of piperidine rings is 1. The molecule has 2 aromatic rings. The van der Waals surface area contributed by atoms with Crippen LogP contribution in [0.4, 0.5) is 31.1 Å². The molecule has 0 saturated carbocycles. The zero-order valence-electron chi connectivity index (χ0n) is 18.8. The zero-order valence-corrected chi connectivity index (χ0v) is 18.8. The molecular formula is C23H26F6N4O2. The van der Waals surface area contributed by atoms with Crippen molar-refractivity contribution >= 4 is 6.03 Å². The Morgan fingerprint density at radius 1 is 1.11 bits per heavy atom. The fourth-order valence-electron chi connectivity index (χ4n) is 4.07. The van der Waals surface area contributed by atoms with Crippen LogP contribution in [0.2, 0.25) is 0 Å². The van der Waals surface area contributed by atoms with E-state index in [1.165, 1.54) is 6.92 Å². The van der Waals surface area contributed by atoms with Gasteiger partial charge < -0.3 is 15.4 Å². The largest absolute Gasteiger partial charge is 0.416 e. The van der Waals surface area contributed by atoms with Crippen molar-refractivity contribution in [1.82, 2.24) is 16.1 Å². The van der Waals surface area contributed by atoms with Gasteiger partial charge in [-0.1, -0.05) is 30.3 Å². The highest BCUT2D eigenvalue weighted by Gasteiger charge is 2.39. The zero-order chi connectivity index (χ0) is 25.9. The monoisotopic (exact) mass is 504 g/mol. The topological polar surface area (TPSA) is 88.4 Å². The van der Waals surface area contributed by atoms with Crippen LogP contribution in [0.15, 0.2) is 48.5 Å². The number of hydrazine groups is 1. The van der Waals surface area contributed by atoms with Gasteiger partial charge >= 0.3 is 18.4 Å². The van der Waals surface area contributed by atoms with Gasteiger partial charge in [-0.2, -0.15) is 26.3 Å². The molecule has 3 atom stereocenters. The van der Waals surface area contributed by atoms with Crippen molar-refractivity contribution in [2.24, 2.45) is 5.84 Å². The number of benzene rings is 2. The second-order valence-electron chi connectivity index (χ2n) is 8.47. The van der Waals surface area contributed by atoms with E-state index in [0.29, 0.717) is 31.5 Å². The van der Waals surface area contributed by atoms with E-state index >= 15 is 0 Å². The number of alkyl halides is 6. The summed E-state index contributed by atoms with van der Waals surface area (Å²) in [5.74, 6) is 5.10. The van der Waals surface area contributed by atoms with Crippen molar-refractivity contribution in [3.05, 3.63) is 70.8 Å². The first-order valence-electron chi connectivity index (χ1n) is 10.8. The number of carbonyl (C=O) groups excluding carboxylic acids is 1. The third-order valence-corrected chi connectivity index (χ3v) is 6.06. The molecule has 0 unspecified atom stereocenters.